The van der Waals surface area contributed by atoms with E-state index in [0.29, 0.717) is 0 Å². The molecule has 1 aromatic carbocycles. The number of para-hydroxylation sites is 1. The molecule has 2 rings (SSSR count). The van der Waals surface area contributed by atoms with Gasteiger partial charge in [0.05, 0.1) is 5.52 Å². The molecule has 0 aliphatic rings. The Morgan fingerprint density at radius 2 is 1.75 bits per heavy atom. The summed E-state index contributed by atoms with van der Waals surface area (Å²) in [6, 6.07) is 12.3. The summed E-state index contributed by atoms with van der Waals surface area (Å²) in [6.45, 7) is 2.01. The lowest BCUT2D eigenvalue weighted by atomic mass is 10.2. The smallest absolute Gasteiger partial charge is 0.0705 e. The Hall–Kier alpha value is -1.41. The standard InChI is InChI=1S/C10H9N.H3N/c1-8-6-7-9-4-2-3-5-10(9)11-8;/h2-7H,1H3;1H3. The van der Waals surface area contributed by atoms with Gasteiger partial charge in [-0.2, -0.15) is 0 Å². The average Bonchev–Trinajstić information content (AvgIpc) is 2.04. The van der Waals surface area contributed by atoms with Crippen LogP contribution in [0.1, 0.15) is 5.69 Å². The van der Waals surface area contributed by atoms with Crippen molar-refractivity contribution in [3.05, 3.63) is 42.1 Å². The van der Waals surface area contributed by atoms with Gasteiger partial charge >= 0.3 is 0 Å². The molecule has 0 radical (unpaired) electrons. The highest BCUT2D eigenvalue weighted by Crippen LogP contribution is 2.10. The van der Waals surface area contributed by atoms with Gasteiger partial charge in [-0.1, -0.05) is 24.3 Å². The monoisotopic (exact) mass is 160 g/mol. The Kier molecular flexibility index (Phi) is 2.41. The molecule has 12 heavy (non-hydrogen) atoms. The van der Waals surface area contributed by atoms with Crippen LogP contribution in [0.25, 0.3) is 10.9 Å². The SMILES string of the molecule is Cc1ccc2ccccc2n1.N. The molecule has 0 aliphatic heterocycles. The highest BCUT2D eigenvalue weighted by atomic mass is 14.7. The molecular formula is C10H12N2. The van der Waals surface area contributed by atoms with Crippen molar-refractivity contribution in [2.24, 2.45) is 0 Å². The van der Waals surface area contributed by atoms with Crippen molar-refractivity contribution in [3.8, 4) is 0 Å². The van der Waals surface area contributed by atoms with Crippen molar-refractivity contribution in [2.75, 3.05) is 0 Å². The van der Waals surface area contributed by atoms with E-state index in [2.05, 4.69) is 17.1 Å². The Labute approximate surface area is 71.8 Å². The molecule has 0 spiro atoms. The third-order valence-corrected chi connectivity index (χ3v) is 1.74. The molecule has 0 saturated carbocycles. The fraction of sp³-hybridized carbons (Fsp3) is 0.100. The van der Waals surface area contributed by atoms with E-state index in [-0.39, 0.29) is 6.15 Å². The number of hydrogen-bond donors (Lipinski definition) is 1. The minimum Gasteiger partial charge on any atom is -0.344 e. The summed E-state index contributed by atoms with van der Waals surface area (Å²) < 4.78 is 0. The molecule has 2 heteroatoms. The fourth-order valence-electron chi connectivity index (χ4n) is 1.17. The van der Waals surface area contributed by atoms with E-state index in [9.17, 15) is 0 Å². The molecule has 0 fully saturated rings. The van der Waals surface area contributed by atoms with E-state index in [1.807, 2.05) is 31.2 Å². The second-order valence-electron chi connectivity index (χ2n) is 2.65. The van der Waals surface area contributed by atoms with Gasteiger partial charge in [-0.15, -0.1) is 0 Å². The van der Waals surface area contributed by atoms with E-state index in [4.69, 9.17) is 0 Å². The van der Waals surface area contributed by atoms with Gasteiger partial charge in [0, 0.05) is 11.1 Å². The molecule has 3 N–H and O–H groups in total. The minimum absolute atomic E-state index is 0. The molecule has 0 unspecified atom stereocenters. The highest BCUT2D eigenvalue weighted by molar-refractivity contribution is 5.78. The van der Waals surface area contributed by atoms with Crippen LogP contribution in [0.4, 0.5) is 0 Å². The maximum atomic E-state index is 4.38. The summed E-state index contributed by atoms with van der Waals surface area (Å²) in [6.07, 6.45) is 0. The second-order valence-corrected chi connectivity index (χ2v) is 2.65. The van der Waals surface area contributed by atoms with Gasteiger partial charge in [-0.25, -0.2) is 0 Å². The van der Waals surface area contributed by atoms with Crippen molar-refractivity contribution in [3.63, 3.8) is 0 Å². The molecule has 1 aromatic heterocycles. The average molecular weight is 160 g/mol. The van der Waals surface area contributed by atoms with Crippen molar-refractivity contribution < 1.29 is 0 Å². The molecule has 0 aliphatic carbocycles. The van der Waals surface area contributed by atoms with Crippen LogP contribution in [0.2, 0.25) is 0 Å². The predicted molar refractivity (Wildman–Crippen MR) is 51.5 cm³/mol. The van der Waals surface area contributed by atoms with Crippen LogP contribution in [0.15, 0.2) is 36.4 Å². The topological polar surface area (TPSA) is 47.9 Å². The van der Waals surface area contributed by atoms with Gasteiger partial charge in [0.2, 0.25) is 0 Å². The van der Waals surface area contributed by atoms with E-state index in [1.54, 1.807) is 0 Å². The summed E-state index contributed by atoms with van der Waals surface area (Å²) in [5.41, 5.74) is 2.15. The molecule has 0 bridgehead atoms. The van der Waals surface area contributed by atoms with Gasteiger partial charge in [-0.3, -0.25) is 4.98 Å². The molecule has 1 heterocycles. The van der Waals surface area contributed by atoms with Gasteiger partial charge < -0.3 is 6.15 Å². The fourth-order valence-corrected chi connectivity index (χ4v) is 1.17. The van der Waals surface area contributed by atoms with Crippen LogP contribution in [0.5, 0.6) is 0 Å². The number of fused-ring (bicyclic) bond motifs is 1. The first-order chi connectivity index (χ1) is 5.36. The second kappa shape index (κ2) is 3.32. The zero-order valence-electron chi connectivity index (χ0n) is 7.12. The van der Waals surface area contributed by atoms with Crippen LogP contribution in [0.3, 0.4) is 0 Å². The van der Waals surface area contributed by atoms with E-state index >= 15 is 0 Å². The van der Waals surface area contributed by atoms with Crippen LogP contribution in [-0.4, -0.2) is 4.98 Å². The first-order valence-corrected chi connectivity index (χ1v) is 3.69. The third-order valence-electron chi connectivity index (χ3n) is 1.74. The quantitative estimate of drug-likeness (QED) is 0.644. The van der Waals surface area contributed by atoms with Crippen molar-refractivity contribution in [1.82, 2.24) is 11.1 Å². The summed E-state index contributed by atoms with van der Waals surface area (Å²) in [5, 5.41) is 1.21. The lowest BCUT2D eigenvalue weighted by molar-refractivity contribution is 1.26. The van der Waals surface area contributed by atoms with Gasteiger partial charge in [0.1, 0.15) is 0 Å². The van der Waals surface area contributed by atoms with Crippen LogP contribution >= 0.6 is 0 Å². The third kappa shape index (κ3) is 1.43. The summed E-state index contributed by atoms with van der Waals surface area (Å²) >= 11 is 0. The van der Waals surface area contributed by atoms with Gasteiger partial charge in [0.25, 0.3) is 0 Å². The van der Waals surface area contributed by atoms with E-state index < -0.39 is 0 Å². The largest absolute Gasteiger partial charge is 0.344 e. The molecule has 2 nitrogen and oxygen atoms in total. The Morgan fingerprint density at radius 3 is 2.58 bits per heavy atom. The van der Waals surface area contributed by atoms with E-state index in [1.165, 1.54) is 5.39 Å². The van der Waals surface area contributed by atoms with Gasteiger partial charge in [0.15, 0.2) is 0 Å². The van der Waals surface area contributed by atoms with Crippen molar-refractivity contribution in [2.45, 2.75) is 6.92 Å². The minimum atomic E-state index is 0. The number of rotatable bonds is 0. The first kappa shape index (κ1) is 8.68. The van der Waals surface area contributed by atoms with Crippen LogP contribution in [-0.2, 0) is 0 Å². The lowest BCUT2D eigenvalue weighted by Crippen LogP contribution is -1.80. The van der Waals surface area contributed by atoms with Crippen molar-refractivity contribution >= 4 is 10.9 Å². The molecule has 0 amide bonds. The molecule has 62 valence electrons. The Bertz CT molecular complexity index is 382. The number of nitrogens with zero attached hydrogens (tertiary/aromatic N) is 1. The number of benzene rings is 1. The maximum Gasteiger partial charge on any atom is 0.0705 e. The van der Waals surface area contributed by atoms with Gasteiger partial charge in [-0.05, 0) is 19.1 Å². The summed E-state index contributed by atoms with van der Waals surface area (Å²) in [7, 11) is 0. The zero-order chi connectivity index (χ0) is 7.68. The normalized spacial score (nSPS) is 9.42. The Morgan fingerprint density at radius 1 is 1.00 bits per heavy atom. The van der Waals surface area contributed by atoms with Crippen molar-refractivity contribution in [1.29, 1.82) is 0 Å². The number of hydrogen-bond acceptors (Lipinski definition) is 2. The molecular weight excluding hydrogens is 148 g/mol. The van der Waals surface area contributed by atoms with E-state index in [0.717, 1.165) is 11.2 Å². The maximum absolute atomic E-state index is 4.38. The predicted octanol–water partition coefficient (Wildman–Crippen LogP) is 2.71. The highest BCUT2D eigenvalue weighted by Gasteiger charge is 1.90. The molecule has 2 aromatic rings. The molecule has 0 saturated heterocycles. The molecule has 0 atom stereocenters. The van der Waals surface area contributed by atoms with Crippen LogP contribution in [0, 0.1) is 6.92 Å². The number of pyridine rings is 1. The summed E-state index contributed by atoms with van der Waals surface area (Å²) in [5.74, 6) is 0. The zero-order valence-corrected chi connectivity index (χ0v) is 7.12. The first-order valence-electron chi connectivity index (χ1n) is 3.69. The number of aryl methyl sites for hydroxylation is 1. The van der Waals surface area contributed by atoms with Crippen LogP contribution < -0.4 is 6.15 Å². The summed E-state index contributed by atoms with van der Waals surface area (Å²) in [4.78, 5) is 4.38. The number of aromatic nitrogens is 1. The Balaban J connectivity index is 0.000000720. The lowest BCUT2D eigenvalue weighted by Gasteiger charge is -1.95.